The number of esters is 1. The second kappa shape index (κ2) is 8.19. The van der Waals surface area contributed by atoms with Crippen molar-refractivity contribution in [3.05, 3.63) is 65.7 Å². The van der Waals surface area contributed by atoms with Gasteiger partial charge in [-0.1, -0.05) is 12.1 Å². The average molecular weight is 417 g/mol. The van der Waals surface area contributed by atoms with Gasteiger partial charge in [-0.05, 0) is 36.4 Å². The van der Waals surface area contributed by atoms with Crippen LogP contribution in [0.5, 0.6) is 0 Å². The van der Waals surface area contributed by atoms with Gasteiger partial charge < -0.3 is 15.8 Å². The zero-order valence-electron chi connectivity index (χ0n) is 15.2. The summed E-state index contributed by atoms with van der Waals surface area (Å²) in [5, 5.41) is 2.83. The molecule has 1 heterocycles. The van der Waals surface area contributed by atoms with E-state index in [-0.39, 0.29) is 34.8 Å². The Balaban J connectivity index is 1.75. The summed E-state index contributed by atoms with van der Waals surface area (Å²) in [5.74, 6) is -1.24. The molecule has 0 bridgehead atoms. The molecule has 3 N–H and O–H groups in total. The van der Waals surface area contributed by atoms with Crippen molar-refractivity contribution in [2.45, 2.75) is 11.5 Å². The highest BCUT2D eigenvalue weighted by Crippen LogP contribution is 2.18. The molecule has 150 valence electrons. The monoisotopic (exact) mass is 417 g/mol. The number of halogens is 1. The van der Waals surface area contributed by atoms with Gasteiger partial charge in [0.2, 0.25) is 11.9 Å². The van der Waals surface area contributed by atoms with Crippen molar-refractivity contribution in [1.82, 2.24) is 15.0 Å². The van der Waals surface area contributed by atoms with Crippen LogP contribution < -0.4 is 11.1 Å². The summed E-state index contributed by atoms with van der Waals surface area (Å²) < 4.78 is 41.8. The first kappa shape index (κ1) is 20.1. The van der Waals surface area contributed by atoms with E-state index in [1.165, 1.54) is 48.5 Å². The molecule has 1 aromatic heterocycles. The van der Waals surface area contributed by atoms with Crippen LogP contribution in [0.25, 0.3) is 0 Å². The van der Waals surface area contributed by atoms with Gasteiger partial charge >= 0.3 is 5.97 Å². The smallest absolute Gasteiger partial charge is 0.339 e. The van der Waals surface area contributed by atoms with Crippen LogP contribution in [-0.4, -0.2) is 35.6 Å². The Morgan fingerprint density at radius 1 is 1.10 bits per heavy atom. The first-order valence-corrected chi connectivity index (χ1v) is 10.1. The number of hydrogen-bond acceptors (Lipinski definition) is 9. The molecule has 0 saturated heterocycles. The van der Waals surface area contributed by atoms with E-state index in [1.807, 2.05) is 0 Å². The number of nitrogens with zero attached hydrogens (tertiary/aromatic N) is 3. The number of carbonyl (C=O) groups is 1. The predicted octanol–water partition coefficient (Wildman–Crippen LogP) is 2.10. The summed E-state index contributed by atoms with van der Waals surface area (Å²) in [4.78, 5) is 24.1. The topological polar surface area (TPSA) is 137 Å². The largest absolute Gasteiger partial charge is 0.454 e. The van der Waals surface area contributed by atoms with Crippen LogP contribution in [0.2, 0.25) is 0 Å². The zero-order valence-corrected chi connectivity index (χ0v) is 16.0. The number of rotatable bonds is 6. The van der Waals surface area contributed by atoms with Crippen molar-refractivity contribution in [3.63, 3.8) is 0 Å². The number of ether oxygens (including phenoxy) is 1. The Bertz CT molecular complexity index is 1150. The van der Waals surface area contributed by atoms with E-state index in [0.717, 1.165) is 6.26 Å². The number of carbonyl (C=O) groups excluding carboxylic acids is 1. The molecule has 29 heavy (non-hydrogen) atoms. The van der Waals surface area contributed by atoms with Crippen LogP contribution in [0, 0.1) is 5.82 Å². The molecule has 0 aliphatic rings. The van der Waals surface area contributed by atoms with Crippen LogP contribution >= 0.6 is 0 Å². The number of nitrogen functional groups attached to an aromatic ring is 1. The minimum Gasteiger partial charge on any atom is -0.454 e. The Kier molecular flexibility index (Phi) is 5.69. The van der Waals surface area contributed by atoms with Gasteiger partial charge in [0.1, 0.15) is 5.82 Å². The van der Waals surface area contributed by atoms with Gasteiger partial charge in [-0.2, -0.15) is 15.0 Å². The molecule has 0 aliphatic heterocycles. The van der Waals surface area contributed by atoms with E-state index in [1.54, 1.807) is 0 Å². The van der Waals surface area contributed by atoms with Gasteiger partial charge in [0, 0.05) is 11.9 Å². The SMILES string of the molecule is CS(=O)(=O)c1ccccc1C(=O)OCc1nc(N)nc(Nc2ccc(F)cc2)n1. The minimum absolute atomic E-state index is 0.0484. The molecule has 2 aromatic carbocycles. The molecule has 0 aliphatic carbocycles. The summed E-state index contributed by atoms with van der Waals surface area (Å²) >= 11 is 0. The molecule has 3 rings (SSSR count). The maximum Gasteiger partial charge on any atom is 0.339 e. The van der Waals surface area contributed by atoms with Crippen molar-refractivity contribution >= 4 is 33.4 Å². The third-order valence-electron chi connectivity index (χ3n) is 3.64. The summed E-state index contributed by atoms with van der Waals surface area (Å²) in [7, 11) is -3.61. The lowest BCUT2D eigenvalue weighted by Crippen LogP contribution is -2.13. The average Bonchev–Trinajstić information content (AvgIpc) is 2.67. The molecule has 11 heteroatoms. The van der Waals surface area contributed by atoms with Gasteiger partial charge in [0.15, 0.2) is 22.3 Å². The summed E-state index contributed by atoms with van der Waals surface area (Å²) in [5.41, 5.74) is 6.07. The molecule has 0 spiro atoms. The molecule has 0 atom stereocenters. The maximum absolute atomic E-state index is 13.0. The van der Waals surface area contributed by atoms with E-state index in [2.05, 4.69) is 20.3 Å². The van der Waals surface area contributed by atoms with Crippen molar-refractivity contribution in [2.75, 3.05) is 17.3 Å². The number of anilines is 3. The Hall–Kier alpha value is -3.60. The number of hydrogen-bond donors (Lipinski definition) is 2. The lowest BCUT2D eigenvalue weighted by Gasteiger charge is -2.09. The van der Waals surface area contributed by atoms with Crippen LogP contribution in [-0.2, 0) is 21.2 Å². The molecule has 9 nitrogen and oxygen atoms in total. The Morgan fingerprint density at radius 3 is 2.48 bits per heavy atom. The van der Waals surface area contributed by atoms with Crippen LogP contribution in [0.1, 0.15) is 16.2 Å². The van der Waals surface area contributed by atoms with Crippen molar-refractivity contribution < 1.29 is 22.3 Å². The number of nitrogens with one attached hydrogen (secondary N) is 1. The molecular weight excluding hydrogens is 401 g/mol. The molecule has 0 radical (unpaired) electrons. The van der Waals surface area contributed by atoms with Crippen molar-refractivity contribution in [3.8, 4) is 0 Å². The maximum atomic E-state index is 13.0. The molecule has 0 fully saturated rings. The van der Waals surface area contributed by atoms with Crippen LogP contribution in [0.3, 0.4) is 0 Å². The third-order valence-corrected chi connectivity index (χ3v) is 4.79. The van der Waals surface area contributed by atoms with Gasteiger partial charge in [-0.15, -0.1) is 0 Å². The number of benzene rings is 2. The molecular formula is C18H16FN5O4S. The molecule has 0 amide bonds. The van der Waals surface area contributed by atoms with E-state index >= 15 is 0 Å². The number of aromatic nitrogens is 3. The molecule has 0 unspecified atom stereocenters. The summed E-state index contributed by atoms with van der Waals surface area (Å²) in [6.45, 7) is -0.359. The highest BCUT2D eigenvalue weighted by molar-refractivity contribution is 7.90. The normalized spacial score (nSPS) is 11.1. The third kappa shape index (κ3) is 5.23. The first-order valence-electron chi connectivity index (χ1n) is 8.21. The van der Waals surface area contributed by atoms with E-state index in [9.17, 15) is 17.6 Å². The number of nitrogens with two attached hydrogens (primary N) is 1. The predicted molar refractivity (Wildman–Crippen MR) is 103 cm³/mol. The second-order valence-electron chi connectivity index (χ2n) is 5.91. The lowest BCUT2D eigenvalue weighted by atomic mass is 10.2. The van der Waals surface area contributed by atoms with Crippen LogP contribution in [0.15, 0.2) is 53.4 Å². The van der Waals surface area contributed by atoms with Crippen molar-refractivity contribution in [2.24, 2.45) is 0 Å². The van der Waals surface area contributed by atoms with Crippen molar-refractivity contribution in [1.29, 1.82) is 0 Å². The lowest BCUT2D eigenvalue weighted by molar-refractivity contribution is 0.0457. The van der Waals surface area contributed by atoms with E-state index in [4.69, 9.17) is 10.5 Å². The highest BCUT2D eigenvalue weighted by atomic mass is 32.2. The quantitative estimate of drug-likeness (QED) is 0.577. The van der Waals surface area contributed by atoms with Gasteiger partial charge in [-0.3, -0.25) is 0 Å². The second-order valence-corrected chi connectivity index (χ2v) is 7.89. The molecule has 0 saturated carbocycles. The standard InChI is InChI=1S/C18H16FN5O4S/c1-29(26,27)14-5-3-2-4-13(14)16(25)28-10-15-22-17(20)24-18(23-15)21-12-8-6-11(19)7-9-12/h2-9H,10H2,1H3,(H3,20,21,22,23,24). The van der Waals surface area contributed by atoms with Crippen LogP contribution in [0.4, 0.5) is 22.0 Å². The number of sulfone groups is 1. The fourth-order valence-electron chi connectivity index (χ4n) is 2.39. The molecule has 3 aromatic rings. The van der Waals surface area contributed by atoms with Gasteiger partial charge in [0.05, 0.1) is 10.5 Å². The van der Waals surface area contributed by atoms with Gasteiger partial charge in [-0.25, -0.2) is 17.6 Å². The minimum atomic E-state index is -3.61. The van der Waals surface area contributed by atoms with E-state index in [0.29, 0.717) is 5.69 Å². The Labute approximate surface area is 165 Å². The summed E-state index contributed by atoms with van der Waals surface area (Å²) in [6, 6.07) is 11.2. The fourth-order valence-corrected chi connectivity index (χ4v) is 3.26. The highest BCUT2D eigenvalue weighted by Gasteiger charge is 2.19. The Morgan fingerprint density at radius 2 is 1.79 bits per heavy atom. The zero-order chi connectivity index (χ0) is 21.0. The van der Waals surface area contributed by atoms with Gasteiger partial charge in [0.25, 0.3) is 0 Å². The fraction of sp³-hybridized carbons (Fsp3) is 0.111. The van der Waals surface area contributed by atoms with E-state index < -0.39 is 21.6 Å². The first-order chi connectivity index (χ1) is 13.7. The summed E-state index contributed by atoms with van der Waals surface area (Å²) in [6.07, 6.45) is 0.999.